The van der Waals surface area contributed by atoms with Crippen molar-refractivity contribution in [1.29, 1.82) is 0 Å². The molecule has 5 rings (SSSR count). The first-order valence-electron chi connectivity index (χ1n) is 12.6. The lowest BCUT2D eigenvalue weighted by molar-refractivity contribution is -0.133. The van der Waals surface area contributed by atoms with Gasteiger partial charge in [-0.05, 0) is 74.6 Å². The average molecular weight is 487 g/mol. The molecule has 9 heteroatoms. The van der Waals surface area contributed by atoms with Crippen LogP contribution in [-0.2, 0) is 24.2 Å². The lowest BCUT2D eigenvalue weighted by Gasteiger charge is -2.33. The van der Waals surface area contributed by atoms with E-state index in [1.165, 1.54) is 11.0 Å². The number of amides is 2. The molecule has 2 aliphatic heterocycles. The molecule has 2 fully saturated rings. The molecule has 35 heavy (non-hydrogen) atoms. The number of aliphatic hydroxyl groups is 1. The largest absolute Gasteiger partial charge is 0.390 e. The Morgan fingerprint density at radius 1 is 1.11 bits per heavy atom. The first kappa shape index (κ1) is 23.9. The lowest BCUT2D eigenvalue weighted by atomic mass is 9.87. The number of aliphatic hydroxyl groups excluding tert-OH is 1. The molecule has 188 valence electrons. The highest BCUT2D eigenvalue weighted by atomic mass is 19.1. The average Bonchev–Trinajstić information content (AvgIpc) is 3.44. The van der Waals surface area contributed by atoms with Gasteiger partial charge in [-0.1, -0.05) is 6.07 Å². The van der Waals surface area contributed by atoms with Crippen LogP contribution < -0.4 is 0 Å². The number of aromatic nitrogens is 2. The van der Waals surface area contributed by atoms with Crippen LogP contribution >= 0.6 is 0 Å². The number of piperidine rings is 2. The van der Waals surface area contributed by atoms with Gasteiger partial charge in [-0.3, -0.25) is 14.3 Å². The van der Waals surface area contributed by atoms with Crippen molar-refractivity contribution < 1.29 is 23.5 Å². The summed E-state index contributed by atoms with van der Waals surface area (Å²) in [6, 6.07) is 4.91. The first-order chi connectivity index (χ1) is 16.8. The molecule has 1 N–H and O–H groups in total. The molecule has 3 heterocycles. The third kappa shape index (κ3) is 4.70. The van der Waals surface area contributed by atoms with Gasteiger partial charge in [-0.15, -0.1) is 0 Å². The molecule has 3 aliphatic rings. The Bertz CT molecular complexity index is 1130. The Balaban J connectivity index is 1.24. The van der Waals surface area contributed by atoms with E-state index >= 15 is 0 Å². The molecule has 7 nitrogen and oxygen atoms in total. The van der Waals surface area contributed by atoms with Gasteiger partial charge in [-0.25, -0.2) is 8.78 Å². The third-order valence-electron chi connectivity index (χ3n) is 7.81. The number of hydrogen-bond donors (Lipinski definition) is 1. The van der Waals surface area contributed by atoms with Crippen molar-refractivity contribution in [3.05, 3.63) is 52.1 Å². The number of benzene rings is 1. The molecule has 0 unspecified atom stereocenters. The number of carbonyl (C=O) groups is 2. The number of likely N-dealkylation sites (tertiary alicyclic amines) is 2. The van der Waals surface area contributed by atoms with Crippen LogP contribution in [0.5, 0.6) is 0 Å². The van der Waals surface area contributed by atoms with Gasteiger partial charge >= 0.3 is 0 Å². The number of fused-ring (bicyclic) bond motifs is 1. The van der Waals surface area contributed by atoms with Crippen LogP contribution in [0.25, 0.3) is 0 Å². The van der Waals surface area contributed by atoms with Crippen LogP contribution in [0.1, 0.15) is 64.5 Å². The fourth-order valence-corrected chi connectivity index (χ4v) is 5.80. The summed E-state index contributed by atoms with van der Waals surface area (Å²) in [6.07, 6.45) is 1.76. The third-order valence-corrected chi connectivity index (χ3v) is 7.81. The van der Waals surface area contributed by atoms with Crippen LogP contribution in [0.4, 0.5) is 8.78 Å². The second kappa shape index (κ2) is 9.68. The number of hydrogen-bond acceptors (Lipinski definition) is 4. The Hall–Kier alpha value is -2.81. The monoisotopic (exact) mass is 486 g/mol. The SMILES string of the molecule is Cc1cc(F)ccc1C1CCN(C(=O)Cn2nc(C(=O)N3CC[C@H](O)[C@@H](F)C3)c3c2CCC3)CC1. The number of carbonyl (C=O) groups excluding carboxylic acids is 2. The molecule has 2 amide bonds. The quantitative estimate of drug-likeness (QED) is 0.721. The second-order valence-corrected chi connectivity index (χ2v) is 10.1. The molecule has 0 spiro atoms. The van der Waals surface area contributed by atoms with Crippen molar-refractivity contribution in [2.45, 2.75) is 70.2 Å². The Morgan fingerprint density at radius 3 is 2.57 bits per heavy atom. The zero-order chi connectivity index (χ0) is 24.7. The van der Waals surface area contributed by atoms with Gasteiger partial charge in [-0.2, -0.15) is 5.10 Å². The number of alkyl halides is 1. The van der Waals surface area contributed by atoms with Crippen LogP contribution in [-0.4, -0.2) is 75.0 Å². The summed E-state index contributed by atoms with van der Waals surface area (Å²) in [5, 5.41) is 14.2. The minimum atomic E-state index is -1.45. The van der Waals surface area contributed by atoms with Gasteiger partial charge in [0.2, 0.25) is 5.91 Å². The summed E-state index contributed by atoms with van der Waals surface area (Å²) < 4.78 is 29.1. The van der Waals surface area contributed by atoms with Gasteiger partial charge in [0.1, 0.15) is 18.5 Å². The molecular weight excluding hydrogens is 454 g/mol. The van der Waals surface area contributed by atoms with Crippen molar-refractivity contribution in [2.24, 2.45) is 0 Å². The molecule has 2 atom stereocenters. The number of nitrogens with zero attached hydrogens (tertiary/aromatic N) is 4. The van der Waals surface area contributed by atoms with E-state index in [-0.39, 0.29) is 37.1 Å². The van der Waals surface area contributed by atoms with Crippen molar-refractivity contribution in [1.82, 2.24) is 19.6 Å². The smallest absolute Gasteiger partial charge is 0.274 e. The minimum absolute atomic E-state index is 0.0274. The molecular formula is C26H32F2N4O3. The summed E-state index contributed by atoms with van der Waals surface area (Å²) in [5.41, 5.74) is 4.20. The molecule has 2 saturated heterocycles. The topological polar surface area (TPSA) is 78.7 Å². The molecule has 2 aromatic rings. The highest BCUT2D eigenvalue weighted by Crippen LogP contribution is 2.31. The van der Waals surface area contributed by atoms with E-state index in [2.05, 4.69) is 5.10 Å². The highest BCUT2D eigenvalue weighted by Gasteiger charge is 2.35. The van der Waals surface area contributed by atoms with Crippen molar-refractivity contribution in [3.63, 3.8) is 0 Å². The molecule has 0 radical (unpaired) electrons. The van der Waals surface area contributed by atoms with E-state index in [0.29, 0.717) is 31.2 Å². The van der Waals surface area contributed by atoms with Gasteiger partial charge in [0.05, 0.1) is 12.6 Å². The normalized spacial score (nSPS) is 23.0. The van der Waals surface area contributed by atoms with Gasteiger partial charge in [0.15, 0.2) is 5.69 Å². The Morgan fingerprint density at radius 2 is 1.86 bits per heavy atom. The summed E-state index contributed by atoms with van der Waals surface area (Å²) in [7, 11) is 0. The van der Waals surface area contributed by atoms with E-state index in [4.69, 9.17) is 0 Å². The van der Waals surface area contributed by atoms with Crippen LogP contribution in [0, 0.1) is 12.7 Å². The molecule has 0 bridgehead atoms. The van der Waals surface area contributed by atoms with Gasteiger partial charge < -0.3 is 14.9 Å². The van der Waals surface area contributed by atoms with E-state index in [9.17, 15) is 23.5 Å². The zero-order valence-corrected chi connectivity index (χ0v) is 20.1. The van der Waals surface area contributed by atoms with Crippen molar-refractivity contribution in [2.75, 3.05) is 26.2 Å². The zero-order valence-electron chi connectivity index (χ0n) is 20.1. The van der Waals surface area contributed by atoms with E-state index in [0.717, 1.165) is 54.5 Å². The fraction of sp³-hybridized carbons (Fsp3) is 0.577. The van der Waals surface area contributed by atoms with Gasteiger partial charge in [0, 0.05) is 30.9 Å². The van der Waals surface area contributed by atoms with E-state index in [1.807, 2.05) is 17.9 Å². The van der Waals surface area contributed by atoms with Crippen LogP contribution in [0.2, 0.25) is 0 Å². The Kier molecular flexibility index (Phi) is 6.61. The van der Waals surface area contributed by atoms with Crippen molar-refractivity contribution in [3.8, 4) is 0 Å². The predicted molar refractivity (Wildman–Crippen MR) is 125 cm³/mol. The highest BCUT2D eigenvalue weighted by molar-refractivity contribution is 5.94. The summed E-state index contributed by atoms with van der Waals surface area (Å²) in [4.78, 5) is 29.5. The molecule has 0 saturated carbocycles. The fourth-order valence-electron chi connectivity index (χ4n) is 5.80. The first-order valence-corrected chi connectivity index (χ1v) is 12.6. The number of rotatable bonds is 4. The minimum Gasteiger partial charge on any atom is -0.390 e. The maximum absolute atomic E-state index is 14.0. The predicted octanol–water partition coefficient (Wildman–Crippen LogP) is 2.77. The number of aryl methyl sites for hydroxylation is 1. The lowest BCUT2D eigenvalue weighted by Crippen LogP contribution is -2.47. The maximum Gasteiger partial charge on any atom is 0.274 e. The summed E-state index contributed by atoms with van der Waals surface area (Å²) in [6.45, 7) is 3.42. The summed E-state index contributed by atoms with van der Waals surface area (Å²) in [5.74, 6) is -0.272. The maximum atomic E-state index is 14.0. The number of halogens is 2. The Labute approximate surface area is 203 Å². The van der Waals surface area contributed by atoms with Crippen LogP contribution in [0.3, 0.4) is 0 Å². The van der Waals surface area contributed by atoms with Crippen LogP contribution in [0.15, 0.2) is 18.2 Å². The van der Waals surface area contributed by atoms with Crippen molar-refractivity contribution >= 4 is 11.8 Å². The molecule has 1 aliphatic carbocycles. The summed E-state index contributed by atoms with van der Waals surface area (Å²) >= 11 is 0. The molecule has 1 aromatic carbocycles. The second-order valence-electron chi connectivity index (χ2n) is 10.1. The standard InChI is InChI=1S/C26H32F2N4O3/c1-16-13-18(27)5-6-19(16)17-7-10-30(11-8-17)24(34)15-32-22-4-2-3-20(22)25(29-32)26(35)31-12-9-23(33)21(28)14-31/h5-6,13,17,21,23,33H,2-4,7-12,14-15H2,1H3/t21-,23-/m0/s1. The van der Waals surface area contributed by atoms with Gasteiger partial charge in [0.25, 0.3) is 5.91 Å². The molecule has 1 aromatic heterocycles. The van der Waals surface area contributed by atoms with E-state index in [1.54, 1.807) is 10.7 Å². The van der Waals surface area contributed by atoms with E-state index < -0.39 is 12.3 Å².